The fraction of sp³-hybridized carbons (Fsp3) is 0.417. The highest BCUT2D eigenvalue weighted by Crippen LogP contribution is 2.19. The van der Waals surface area contributed by atoms with Crippen LogP contribution in [0.15, 0.2) is 23.4 Å². The molecule has 0 aliphatic rings. The number of amidine groups is 1. The van der Waals surface area contributed by atoms with E-state index in [1.807, 2.05) is 0 Å². The highest BCUT2D eigenvalue weighted by molar-refractivity contribution is 5.99. The molecule has 0 aliphatic carbocycles. The van der Waals surface area contributed by atoms with Gasteiger partial charge >= 0.3 is 0 Å². The molecule has 1 atom stereocenters. The summed E-state index contributed by atoms with van der Waals surface area (Å²) in [4.78, 5) is 0. The summed E-state index contributed by atoms with van der Waals surface area (Å²) in [5.74, 6) is 0.313. The van der Waals surface area contributed by atoms with Crippen molar-refractivity contribution in [3.8, 4) is 5.75 Å². The molecule has 0 spiro atoms. The number of rotatable bonds is 7. The summed E-state index contributed by atoms with van der Waals surface area (Å²) < 4.78 is 29.3. The predicted molar refractivity (Wildman–Crippen MR) is 69.2 cm³/mol. The van der Waals surface area contributed by atoms with Gasteiger partial charge in [-0.15, -0.1) is 0 Å². The van der Waals surface area contributed by atoms with Crippen molar-refractivity contribution in [1.82, 2.24) is 5.32 Å². The van der Waals surface area contributed by atoms with Gasteiger partial charge in [-0.25, -0.2) is 8.78 Å². The summed E-state index contributed by atoms with van der Waals surface area (Å²) in [6.45, 7) is 0.0160. The smallest absolute Gasteiger partial charge is 0.265 e. The molecule has 1 unspecified atom stereocenters. The Balaban J connectivity index is 2.73. The van der Waals surface area contributed by atoms with E-state index in [2.05, 4.69) is 10.5 Å². The van der Waals surface area contributed by atoms with Gasteiger partial charge in [-0.05, 0) is 17.7 Å². The number of benzene rings is 1. The van der Waals surface area contributed by atoms with Crippen molar-refractivity contribution < 1.29 is 23.8 Å². The van der Waals surface area contributed by atoms with Gasteiger partial charge in [-0.2, -0.15) is 0 Å². The van der Waals surface area contributed by atoms with Gasteiger partial charge in [0.15, 0.2) is 5.84 Å². The van der Waals surface area contributed by atoms with E-state index < -0.39 is 12.5 Å². The average Bonchev–Trinajstić information content (AvgIpc) is 2.45. The van der Waals surface area contributed by atoms with Crippen LogP contribution in [0.25, 0.3) is 0 Å². The third-order valence-electron chi connectivity index (χ3n) is 2.62. The average molecular weight is 289 g/mol. The molecule has 0 aliphatic heterocycles. The molecule has 0 heterocycles. The number of hydrogen-bond donors (Lipinski definition) is 4. The number of aliphatic hydroxyl groups is 1. The molecular formula is C12H17F2N3O3. The first-order valence-corrected chi connectivity index (χ1v) is 5.81. The van der Waals surface area contributed by atoms with Crippen molar-refractivity contribution in [3.63, 3.8) is 0 Å². The van der Waals surface area contributed by atoms with Crippen molar-refractivity contribution >= 4 is 5.84 Å². The predicted octanol–water partition coefficient (Wildman–Crippen LogP) is 0.505. The normalized spacial score (nSPS) is 13.6. The summed E-state index contributed by atoms with van der Waals surface area (Å²) in [6.07, 6.45) is -4.50. The minimum absolute atomic E-state index is 0.115. The van der Waals surface area contributed by atoms with Crippen LogP contribution in [-0.2, 0) is 6.54 Å². The maximum atomic E-state index is 12.1. The van der Waals surface area contributed by atoms with Gasteiger partial charge in [0.2, 0.25) is 0 Å². The lowest BCUT2D eigenvalue weighted by Gasteiger charge is -2.12. The fourth-order valence-electron chi connectivity index (χ4n) is 1.57. The van der Waals surface area contributed by atoms with Crippen LogP contribution >= 0.6 is 0 Å². The number of hydrogen-bond acceptors (Lipinski definition) is 5. The van der Waals surface area contributed by atoms with E-state index in [0.29, 0.717) is 16.9 Å². The van der Waals surface area contributed by atoms with Gasteiger partial charge < -0.3 is 26.1 Å². The second kappa shape index (κ2) is 7.61. The Kier molecular flexibility index (Phi) is 6.13. The molecule has 0 fully saturated rings. The maximum Gasteiger partial charge on any atom is 0.265 e. The Morgan fingerprint density at radius 2 is 2.20 bits per heavy atom. The lowest BCUT2D eigenvalue weighted by Crippen LogP contribution is -2.31. The van der Waals surface area contributed by atoms with Crippen LogP contribution in [0.3, 0.4) is 0 Å². The largest absolute Gasteiger partial charge is 0.496 e. The first kappa shape index (κ1) is 16.1. The van der Waals surface area contributed by atoms with Crippen LogP contribution in [0.4, 0.5) is 8.78 Å². The number of aliphatic hydroxyl groups excluding tert-OH is 1. The monoisotopic (exact) mass is 289 g/mol. The third kappa shape index (κ3) is 4.32. The van der Waals surface area contributed by atoms with Crippen LogP contribution in [0, 0.1) is 0 Å². The quantitative estimate of drug-likeness (QED) is 0.253. The Morgan fingerprint density at radius 3 is 2.75 bits per heavy atom. The van der Waals surface area contributed by atoms with Crippen LogP contribution in [-0.4, -0.2) is 42.3 Å². The van der Waals surface area contributed by atoms with Gasteiger partial charge in [0.05, 0.1) is 12.7 Å². The van der Waals surface area contributed by atoms with Crippen LogP contribution < -0.4 is 15.8 Å². The van der Waals surface area contributed by atoms with Crippen LogP contribution in [0.1, 0.15) is 11.1 Å². The summed E-state index contributed by atoms with van der Waals surface area (Å²) in [6, 6.07) is 4.93. The molecule has 1 aromatic rings. The molecule has 112 valence electrons. The molecule has 1 rings (SSSR count). The zero-order valence-electron chi connectivity index (χ0n) is 10.9. The molecular weight excluding hydrogens is 272 g/mol. The molecule has 8 heteroatoms. The van der Waals surface area contributed by atoms with E-state index in [-0.39, 0.29) is 18.9 Å². The highest BCUT2D eigenvalue weighted by Gasteiger charge is 2.16. The molecule has 1 aromatic carbocycles. The minimum atomic E-state index is -2.79. The van der Waals surface area contributed by atoms with E-state index in [4.69, 9.17) is 20.8 Å². The van der Waals surface area contributed by atoms with Crippen molar-refractivity contribution in [2.24, 2.45) is 10.9 Å². The van der Waals surface area contributed by atoms with E-state index >= 15 is 0 Å². The topological polar surface area (TPSA) is 100 Å². The lowest BCUT2D eigenvalue weighted by atomic mass is 10.1. The standard InChI is InChI=1S/C12H17F2N3O3/c1-20-10-3-2-7(4-8(10)12(15)17-19)5-16-6-9(18)11(13)14/h2-4,9,11,16,18-19H,5-6H2,1H3,(H2,15,17). The number of nitrogens with two attached hydrogens (primary N) is 1. The molecule has 0 radical (unpaired) electrons. The Morgan fingerprint density at radius 1 is 1.50 bits per heavy atom. The Labute approximate surface area is 114 Å². The van der Waals surface area contributed by atoms with Gasteiger partial charge in [0.1, 0.15) is 11.9 Å². The molecule has 5 N–H and O–H groups in total. The SMILES string of the molecule is COc1ccc(CNCC(O)C(F)F)cc1/C(N)=N/O. The van der Waals surface area contributed by atoms with E-state index in [0.717, 1.165) is 0 Å². The molecule has 0 aromatic heterocycles. The number of oxime groups is 1. The lowest BCUT2D eigenvalue weighted by molar-refractivity contribution is -0.00340. The van der Waals surface area contributed by atoms with Crippen molar-refractivity contribution in [2.75, 3.05) is 13.7 Å². The third-order valence-corrected chi connectivity index (χ3v) is 2.62. The molecule has 20 heavy (non-hydrogen) atoms. The van der Waals surface area contributed by atoms with Crippen LogP contribution in [0.5, 0.6) is 5.75 Å². The number of alkyl halides is 2. The van der Waals surface area contributed by atoms with Gasteiger partial charge in [0.25, 0.3) is 6.43 Å². The molecule has 6 nitrogen and oxygen atoms in total. The molecule has 0 saturated heterocycles. The van der Waals surface area contributed by atoms with Gasteiger partial charge in [-0.3, -0.25) is 0 Å². The maximum absolute atomic E-state index is 12.1. The van der Waals surface area contributed by atoms with Gasteiger partial charge in [-0.1, -0.05) is 11.2 Å². The zero-order valence-corrected chi connectivity index (χ0v) is 10.9. The second-order valence-electron chi connectivity index (χ2n) is 4.05. The minimum Gasteiger partial charge on any atom is -0.496 e. The molecule has 0 saturated carbocycles. The first-order chi connectivity index (χ1) is 9.49. The van der Waals surface area contributed by atoms with E-state index in [9.17, 15) is 8.78 Å². The summed E-state index contributed by atoms with van der Waals surface area (Å²) in [7, 11) is 1.44. The Hall–Kier alpha value is -1.93. The number of ether oxygens (including phenoxy) is 1. The van der Waals surface area contributed by atoms with Crippen molar-refractivity contribution in [3.05, 3.63) is 29.3 Å². The zero-order chi connectivity index (χ0) is 15.1. The number of nitrogens with one attached hydrogen (secondary N) is 1. The van der Waals surface area contributed by atoms with Crippen molar-refractivity contribution in [1.29, 1.82) is 0 Å². The first-order valence-electron chi connectivity index (χ1n) is 5.81. The number of methoxy groups -OCH3 is 1. The second-order valence-corrected chi connectivity index (χ2v) is 4.05. The highest BCUT2D eigenvalue weighted by atomic mass is 19.3. The van der Waals surface area contributed by atoms with Gasteiger partial charge in [0, 0.05) is 13.1 Å². The van der Waals surface area contributed by atoms with Crippen molar-refractivity contribution in [2.45, 2.75) is 19.1 Å². The van der Waals surface area contributed by atoms with E-state index in [1.54, 1.807) is 18.2 Å². The molecule has 0 amide bonds. The summed E-state index contributed by atoms with van der Waals surface area (Å²) in [5, 5.41) is 23.2. The summed E-state index contributed by atoms with van der Waals surface area (Å²) >= 11 is 0. The van der Waals surface area contributed by atoms with E-state index in [1.165, 1.54) is 7.11 Å². The number of nitrogens with zero attached hydrogens (tertiary/aromatic N) is 1. The fourth-order valence-corrected chi connectivity index (χ4v) is 1.57. The Bertz CT molecular complexity index is 469. The van der Waals surface area contributed by atoms with Crippen LogP contribution in [0.2, 0.25) is 0 Å². The number of halogens is 2. The summed E-state index contributed by atoms with van der Waals surface area (Å²) in [5.41, 5.74) is 6.63. The molecule has 0 bridgehead atoms.